The molecule has 2 heterocycles. The number of nitrogens with two attached hydrogens (primary N) is 2. The van der Waals surface area contributed by atoms with Crippen molar-refractivity contribution in [2.45, 2.75) is 196 Å². The van der Waals surface area contributed by atoms with E-state index in [1.165, 1.54) is 13.8 Å². The molecule has 17 N–H and O–H groups in total. The molecule has 3 aromatic carbocycles. The molecule has 1 aliphatic heterocycles. The first kappa shape index (κ1) is 74.0. The highest BCUT2D eigenvalue weighted by Gasteiger charge is 2.72. The van der Waals surface area contributed by atoms with E-state index in [1.807, 2.05) is 51.1 Å². The van der Waals surface area contributed by atoms with Crippen molar-refractivity contribution in [3.05, 3.63) is 119 Å². The first-order chi connectivity index (χ1) is 45.1. The molecule has 26 heteroatoms. The summed E-state index contributed by atoms with van der Waals surface area (Å²) < 4.78 is 16.6. The summed E-state index contributed by atoms with van der Waals surface area (Å²) in [6.45, 7) is 8.02. The lowest BCUT2D eigenvalue weighted by Crippen LogP contribution is -2.68. The number of aliphatic hydroxyl groups excluding tert-OH is 4. The van der Waals surface area contributed by atoms with Crippen LogP contribution in [0.25, 0.3) is 10.9 Å². The Morgan fingerprint density at radius 2 is 1.36 bits per heavy atom. The van der Waals surface area contributed by atoms with Gasteiger partial charge in [0, 0.05) is 64.6 Å². The standard InChI is InChI=1S/C49H66N10O10S2.C20H29FO3/c1-28(61)39(25-60)56-48(68)41-27-71-70-26-40(57-43(63)34(51)21-30-13-5-3-6-14-30)47(67)54-37(22-31-15-7-4-8-16-31)45(65)55-38(23-32-24-52-35-18-10-9-17-33(32)35)46(66)53-36(19-11-12-20-50)44(64)59-42(29(2)62)49(69)58-41;1-17-8-6-13(22)10-12(17)4-5-15-14-7-9-19(3,24)18(14,2)11-16(23)20(15,17)21/h3-10,13-18,24,28-29,34,36-42,52,60-62H,11-12,19-23,25-27,50-51H2,1-2H3,(H,53,66)(H,54,67)(H,55,65)(H,56,68)(H,57,63)(H,58,69)(H,59,64);10,14-16,23-24H,4-9,11H2,1-3H3/t28-,29?,34-,36+,37+,38-,39-,40+,41+,42+;14-,15-,16-,17-,18-,19-,20-/m10/s1. The fourth-order valence-corrected chi connectivity index (χ4v) is 16.8. The van der Waals surface area contributed by atoms with Crippen molar-refractivity contribution in [2.75, 3.05) is 24.7 Å². The molecule has 1 aromatic heterocycles. The first-order valence-electron chi connectivity index (χ1n) is 32.9. The number of aromatic nitrogens is 1. The molecule has 0 radical (unpaired) electrons. The van der Waals surface area contributed by atoms with Crippen LogP contribution < -0.4 is 48.7 Å². The summed E-state index contributed by atoms with van der Waals surface area (Å²) in [6, 6.07) is 14.6. The molecule has 4 aliphatic carbocycles. The van der Waals surface area contributed by atoms with Crippen LogP contribution in [0.5, 0.6) is 0 Å². The van der Waals surface area contributed by atoms with E-state index in [9.17, 15) is 63.9 Å². The molecule has 7 amide bonds. The van der Waals surface area contributed by atoms with Gasteiger partial charge in [0.25, 0.3) is 0 Å². The van der Waals surface area contributed by atoms with E-state index in [-0.39, 0.29) is 61.4 Å². The van der Waals surface area contributed by atoms with Gasteiger partial charge < -0.3 is 79.2 Å². The number of aliphatic hydroxyl groups is 5. The summed E-state index contributed by atoms with van der Waals surface area (Å²) in [6.07, 6.45) is 4.45. The monoisotopic (exact) mass is 1350 g/mol. The molecule has 23 nitrogen and oxygen atoms in total. The van der Waals surface area contributed by atoms with Gasteiger partial charge >= 0.3 is 0 Å². The van der Waals surface area contributed by atoms with Crippen LogP contribution in [0.1, 0.15) is 116 Å². The minimum atomic E-state index is -1.69. The number of para-hydroxylation sites is 1. The van der Waals surface area contributed by atoms with Crippen molar-refractivity contribution in [3.8, 4) is 0 Å². The Morgan fingerprint density at radius 1 is 0.737 bits per heavy atom. The summed E-state index contributed by atoms with van der Waals surface area (Å²) in [7, 11) is 2.06. The highest BCUT2D eigenvalue weighted by Crippen LogP contribution is 2.70. The minimum absolute atomic E-state index is 0.0340. The predicted molar refractivity (Wildman–Crippen MR) is 361 cm³/mol. The number of rotatable bonds is 17. The van der Waals surface area contributed by atoms with E-state index in [4.69, 9.17) is 11.5 Å². The maximum absolute atomic E-state index is 16.6. The largest absolute Gasteiger partial charge is 0.394 e. The molecule has 1 saturated heterocycles. The predicted octanol–water partition coefficient (Wildman–Crippen LogP) is 2.53. The maximum atomic E-state index is 16.6. The number of carbonyl (C=O) groups is 8. The molecule has 17 atom stereocenters. The molecular formula is C69H95FN10O13S2. The lowest BCUT2D eigenvalue weighted by Gasteiger charge is -2.63. The maximum Gasteiger partial charge on any atom is 0.245 e. The average molecular weight is 1360 g/mol. The Bertz CT molecular complexity index is 3380. The number of ketones is 1. The Kier molecular flexibility index (Phi) is 25.4. The van der Waals surface area contributed by atoms with Crippen molar-refractivity contribution in [2.24, 2.45) is 34.1 Å². The number of unbranched alkanes of at least 4 members (excludes halogenated alkanes) is 1. The van der Waals surface area contributed by atoms with Crippen molar-refractivity contribution < 1.29 is 68.3 Å². The molecule has 4 fully saturated rings. The van der Waals surface area contributed by atoms with Gasteiger partial charge in [-0.25, -0.2) is 4.39 Å². The number of fused-ring (bicyclic) bond motifs is 6. The Hall–Kier alpha value is -6.75. The van der Waals surface area contributed by atoms with Crippen LogP contribution in [0.2, 0.25) is 0 Å². The van der Waals surface area contributed by atoms with Gasteiger partial charge in [-0.1, -0.05) is 120 Å². The number of nitrogens with one attached hydrogen (secondary N) is 8. The SMILES string of the molecule is CC(O)[C@@H]1NC(=O)[C@H](CCCCN)NC(=O)[C@@H](Cc2c[nH]c3ccccc23)NC(=O)[C@H](Cc2ccccc2)NC(=O)[C@@H](NC(=O)[C@H](N)Cc2ccccc2)CSSC[C@@H](C(=O)N[C@H](CO)[C@@H](C)O)NC1=O.C[C@]1(O)CC[C@H]2[C@@H]3CCC4=CC(=O)CC[C@]4(C)[C@@]3(F)[C@@H](O)C[C@@]21C. The van der Waals surface area contributed by atoms with Gasteiger partial charge in [-0.05, 0) is 126 Å². The number of aromatic amines is 1. The number of carbonyl (C=O) groups excluding carboxylic acids is 8. The zero-order valence-corrected chi connectivity index (χ0v) is 56.2. The van der Waals surface area contributed by atoms with Crippen LogP contribution in [0.3, 0.4) is 0 Å². The molecule has 0 spiro atoms. The Morgan fingerprint density at radius 3 is 2.02 bits per heavy atom. The van der Waals surface area contributed by atoms with Gasteiger partial charge in [0.05, 0.1) is 42.6 Å². The number of allylic oxidation sites excluding steroid dienone is 1. The fraction of sp³-hybridized carbons (Fsp3) is 0.565. The third kappa shape index (κ3) is 17.3. The molecule has 5 aliphatic rings. The number of alkyl halides is 1. The van der Waals surface area contributed by atoms with Crippen molar-refractivity contribution in [1.82, 2.24) is 42.2 Å². The van der Waals surface area contributed by atoms with Crippen molar-refractivity contribution in [1.29, 1.82) is 0 Å². The zero-order chi connectivity index (χ0) is 69.0. The van der Waals surface area contributed by atoms with Crippen molar-refractivity contribution in [3.63, 3.8) is 0 Å². The third-order valence-corrected chi connectivity index (χ3v) is 22.9. The van der Waals surface area contributed by atoms with E-state index < -0.39 is 137 Å². The normalized spacial score (nSPS) is 31.5. The summed E-state index contributed by atoms with van der Waals surface area (Å²) in [5, 5.41) is 72.4. The molecule has 4 aromatic rings. The quantitative estimate of drug-likeness (QED) is 0.0533. The molecular weight excluding hydrogens is 1260 g/mol. The van der Waals surface area contributed by atoms with E-state index in [1.54, 1.807) is 66.9 Å². The van der Waals surface area contributed by atoms with Gasteiger partial charge in [-0.3, -0.25) is 38.4 Å². The van der Waals surface area contributed by atoms with E-state index in [0.717, 1.165) is 56.5 Å². The Balaban J connectivity index is 0.000000397. The first-order valence-corrected chi connectivity index (χ1v) is 35.4. The van der Waals surface area contributed by atoms with Gasteiger partial charge in [-0.15, -0.1) is 0 Å². The highest BCUT2D eigenvalue weighted by molar-refractivity contribution is 8.76. The topological polar surface area (TPSA) is 390 Å². The number of halogens is 1. The summed E-state index contributed by atoms with van der Waals surface area (Å²) >= 11 is 0. The van der Waals surface area contributed by atoms with Crippen LogP contribution in [-0.4, -0.2) is 180 Å². The van der Waals surface area contributed by atoms with Crippen LogP contribution in [0, 0.1) is 22.7 Å². The summed E-state index contributed by atoms with van der Waals surface area (Å²) in [5.41, 5.74) is 12.2. The van der Waals surface area contributed by atoms with E-state index in [2.05, 4.69) is 42.2 Å². The number of H-pyrrole nitrogens is 1. The zero-order valence-electron chi connectivity index (χ0n) is 54.6. The number of benzene rings is 3. The molecule has 3 saturated carbocycles. The number of amides is 7. The van der Waals surface area contributed by atoms with E-state index in [0.29, 0.717) is 56.1 Å². The highest BCUT2D eigenvalue weighted by atomic mass is 33.1. The van der Waals surface area contributed by atoms with Crippen LogP contribution in [0.15, 0.2) is 103 Å². The van der Waals surface area contributed by atoms with Gasteiger partial charge in [0.2, 0.25) is 41.4 Å². The molecule has 1 unspecified atom stereocenters. The smallest absolute Gasteiger partial charge is 0.245 e. The van der Waals surface area contributed by atoms with E-state index >= 15 is 4.39 Å². The lowest BCUT2D eigenvalue weighted by molar-refractivity contribution is -0.225. The lowest BCUT2D eigenvalue weighted by atomic mass is 9.44. The van der Waals surface area contributed by atoms with Gasteiger partial charge in [-0.2, -0.15) is 0 Å². The van der Waals surface area contributed by atoms with Gasteiger partial charge in [0.1, 0.15) is 41.9 Å². The number of hydrogen-bond acceptors (Lipinski definition) is 17. The molecule has 95 heavy (non-hydrogen) atoms. The second-order valence-electron chi connectivity index (χ2n) is 26.9. The second kappa shape index (κ2) is 32.5. The second-order valence-corrected chi connectivity index (χ2v) is 29.5. The number of hydrogen-bond donors (Lipinski definition) is 15. The summed E-state index contributed by atoms with van der Waals surface area (Å²) in [4.78, 5) is 115. The van der Waals surface area contributed by atoms with Crippen LogP contribution in [0.4, 0.5) is 4.39 Å². The fourth-order valence-electron chi connectivity index (χ4n) is 14.5. The van der Waals surface area contributed by atoms with Crippen molar-refractivity contribution >= 4 is 79.6 Å². The Labute approximate surface area is 561 Å². The van der Waals surface area contributed by atoms with Gasteiger partial charge in [0.15, 0.2) is 5.78 Å². The third-order valence-electron chi connectivity index (χ3n) is 20.5. The minimum Gasteiger partial charge on any atom is -0.394 e. The van der Waals surface area contributed by atoms with Crippen LogP contribution in [-0.2, 0) is 57.6 Å². The molecule has 9 rings (SSSR count). The van der Waals surface area contributed by atoms with Crippen LogP contribution >= 0.6 is 21.6 Å². The molecule has 518 valence electrons. The average Bonchev–Trinajstić information content (AvgIpc) is 1.68. The molecule has 0 bridgehead atoms. The summed E-state index contributed by atoms with van der Waals surface area (Å²) in [5.74, 6) is -6.07.